The highest BCUT2D eigenvalue weighted by molar-refractivity contribution is 7.92. The van der Waals surface area contributed by atoms with Crippen molar-refractivity contribution >= 4 is 44.8 Å². The molecule has 0 aromatic heterocycles. The molecule has 3 aromatic carbocycles. The van der Waals surface area contributed by atoms with Crippen LogP contribution in [-0.4, -0.2) is 28.0 Å². The van der Waals surface area contributed by atoms with Crippen molar-refractivity contribution in [3.63, 3.8) is 0 Å². The first-order valence-electron chi connectivity index (χ1n) is 11.1. The van der Waals surface area contributed by atoms with Crippen LogP contribution in [0.5, 0.6) is 5.75 Å². The number of sulfonamides is 1. The van der Waals surface area contributed by atoms with Gasteiger partial charge in [0.2, 0.25) is 5.91 Å². The van der Waals surface area contributed by atoms with Gasteiger partial charge in [-0.3, -0.25) is 9.10 Å². The van der Waals surface area contributed by atoms with Gasteiger partial charge in [-0.15, -0.1) is 0 Å². The van der Waals surface area contributed by atoms with E-state index in [0.717, 1.165) is 9.87 Å². The normalized spacial score (nSPS) is 12.3. The van der Waals surface area contributed by atoms with Crippen molar-refractivity contribution in [2.75, 3.05) is 18.0 Å². The third kappa shape index (κ3) is 6.69. The van der Waals surface area contributed by atoms with Crippen LogP contribution in [0.1, 0.15) is 31.9 Å². The summed E-state index contributed by atoms with van der Waals surface area (Å²) in [6.07, 6.45) is 0.668. The zero-order valence-electron chi connectivity index (χ0n) is 19.7. The number of rotatable bonds is 10. The molecule has 0 bridgehead atoms. The predicted molar refractivity (Wildman–Crippen MR) is 141 cm³/mol. The summed E-state index contributed by atoms with van der Waals surface area (Å²) in [5.74, 6) is 0.523. The fourth-order valence-electron chi connectivity index (χ4n) is 3.66. The number of methoxy groups -OCH3 is 1. The van der Waals surface area contributed by atoms with Crippen LogP contribution in [-0.2, 0) is 14.8 Å². The zero-order valence-corrected chi connectivity index (χ0v) is 22.1. The first-order valence-corrected chi connectivity index (χ1v) is 13.3. The average molecular weight is 535 g/mol. The summed E-state index contributed by atoms with van der Waals surface area (Å²) in [5, 5.41) is 3.24. The Kier molecular flexibility index (Phi) is 9.05. The van der Waals surface area contributed by atoms with E-state index in [1.54, 1.807) is 37.4 Å². The second-order valence-corrected chi connectivity index (χ2v) is 11.1. The van der Waals surface area contributed by atoms with Gasteiger partial charge in [0.25, 0.3) is 10.0 Å². The lowest BCUT2D eigenvalue weighted by molar-refractivity contribution is -0.120. The van der Waals surface area contributed by atoms with Crippen molar-refractivity contribution in [1.29, 1.82) is 0 Å². The van der Waals surface area contributed by atoms with Gasteiger partial charge in [-0.1, -0.05) is 73.4 Å². The van der Waals surface area contributed by atoms with Crippen molar-refractivity contribution in [2.24, 2.45) is 5.92 Å². The molecule has 0 spiro atoms. The van der Waals surface area contributed by atoms with Gasteiger partial charge in [-0.25, -0.2) is 8.42 Å². The number of ether oxygens (including phenoxy) is 1. The number of carbonyl (C=O) groups is 1. The van der Waals surface area contributed by atoms with Gasteiger partial charge in [0.15, 0.2) is 0 Å². The molecule has 1 atom stereocenters. The SMILES string of the molecule is COc1ccc([C@@H](CC(C)C)NC(=O)CN(c2cccc(Cl)c2Cl)S(=O)(=O)c2ccccc2)cc1. The van der Waals surface area contributed by atoms with Crippen molar-refractivity contribution in [3.8, 4) is 5.75 Å². The third-order valence-electron chi connectivity index (χ3n) is 5.38. The van der Waals surface area contributed by atoms with Crippen LogP contribution in [0.3, 0.4) is 0 Å². The minimum atomic E-state index is -4.11. The molecule has 35 heavy (non-hydrogen) atoms. The van der Waals surface area contributed by atoms with Gasteiger partial charge >= 0.3 is 0 Å². The lowest BCUT2D eigenvalue weighted by atomic mass is 9.97. The van der Waals surface area contributed by atoms with E-state index in [4.69, 9.17) is 27.9 Å². The number of carbonyl (C=O) groups excluding carboxylic acids is 1. The summed E-state index contributed by atoms with van der Waals surface area (Å²) in [7, 11) is -2.52. The van der Waals surface area contributed by atoms with Gasteiger partial charge < -0.3 is 10.1 Å². The van der Waals surface area contributed by atoms with E-state index in [1.165, 1.54) is 18.2 Å². The van der Waals surface area contributed by atoms with Crippen LogP contribution >= 0.6 is 23.2 Å². The molecule has 1 N–H and O–H groups in total. The highest BCUT2D eigenvalue weighted by atomic mass is 35.5. The number of amides is 1. The standard InChI is InChI=1S/C26H28Cl2N2O4S/c1-18(2)16-23(19-12-14-20(34-3)15-13-19)29-25(31)17-30(24-11-7-10-22(27)26(24)28)35(32,33)21-8-5-4-6-9-21/h4-15,18,23H,16-17H2,1-3H3,(H,29,31)/t23-/m1/s1. The van der Waals surface area contributed by atoms with Crippen molar-refractivity contribution in [3.05, 3.63) is 88.4 Å². The fourth-order valence-corrected chi connectivity index (χ4v) is 5.56. The molecule has 0 aliphatic heterocycles. The molecule has 6 nitrogen and oxygen atoms in total. The van der Waals surface area contributed by atoms with Crippen LogP contribution in [0.2, 0.25) is 10.0 Å². The minimum absolute atomic E-state index is 0.0396. The van der Waals surface area contributed by atoms with Crippen molar-refractivity contribution in [2.45, 2.75) is 31.2 Å². The maximum absolute atomic E-state index is 13.6. The Balaban J connectivity index is 1.95. The van der Waals surface area contributed by atoms with E-state index in [-0.39, 0.29) is 32.6 Å². The monoisotopic (exact) mass is 534 g/mol. The Morgan fingerprint density at radius 1 is 0.971 bits per heavy atom. The molecule has 0 unspecified atom stereocenters. The second kappa shape index (κ2) is 11.8. The van der Waals surface area contributed by atoms with Crippen LogP contribution in [0.4, 0.5) is 5.69 Å². The lowest BCUT2D eigenvalue weighted by Gasteiger charge is -2.27. The van der Waals surface area contributed by atoms with Gasteiger partial charge in [-0.2, -0.15) is 0 Å². The third-order valence-corrected chi connectivity index (χ3v) is 7.96. The summed E-state index contributed by atoms with van der Waals surface area (Å²) < 4.78 is 33.4. The van der Waals surface area contributed by atoms with Crippen LogP contribution < -0.4 is 14.4 Å². The molecule has 0 fully saturated rings. The molecule has 0 heterocycles. The Morgan fingerprint density at radius 2 is 1.63 bits per heavy atom. The highest BCUT2D eigenvalue weighted by Gasteiger charge is 2.30. The van der Waals surface area contributed by atoms with Crippen molar-refractivity contribution in [1.82, 2.24) is 5.32 Å². The van der Waals surface area contributed by atoms with E-state index < -0.39 is 22.5 Å². The molecule has 186 valence electrons. The molecule has 0 saturated heterocycles. The number of benzene rings is 3. The van der Waals surface area contributed by atoms with Gasteiger partial charge in [0.05, 0.1) is 33.8 Å². The van der Waals surface area contributed by atoms with Gasteiger partial charge in [0, 0.05) is 0 Å². The number of hydrogen-bond acceptors (Lipinski definition) is 4. The fraction of sp³-hybridized carbons (Fsp3) is 0.269. The summed E-state index contributed by atoms with van der Waals surface area (Å²) in [6.45, 7) is 3.64. The maximum atomic E-state index is 13.6. The van der Waals surface area contributed by atoms with Gasteiger partial charge in [0.1, 0.15) is 12.3 Å². The minimum Gasteiger partial charge on any atom is -0.497 e. The highest BCUT2D eigenvalue weighted by Crippen LogP contribution is 2.35. The first-order chi connectivity index (χ1) is 16.6. The molecule has 0 radical (unpaired) electrons. The van der Waals surface area contributed by atoms with E-state index >= 15 is 0 Å². The number of nitrogens with zero attached hydrogens (tertiary/aromatic N) is 1. The Hall–Kier alpha value is -2.74. The van der Waals surface area contributed by atoms with E-state index in [1.807, 2.05) is 24.3 Å². The largest absolute Gasteiger partial charge is 0.497 e. The van der Waals surface area contributed by atoms with Gasteiger partial charge in [-0.05, 0) is 54.3 Å². The number of hydrogen-bond donors (Lipinski definition) is 1. The molecule has 3 aromatic rings. The number of anilines is 1. The summed E-state index contributed by atoms with van der Waals surface area (Å²) in [4.78, 5) is 13.3. The Morgan fingerprint density at radius 3 is 2.23 bits per heavy atom. The van der Waals surface area contributed by atoms with Crippen LogP contribution in [0, 0.1) is 5.92 Å². The second-order valence-electron chi connectivity index (χ2n) is 8.42. The van der Waals surface area contributed by atoms with E-state index in [0.29, 0.717) is 12.2 Å². The molecular formula is C26H28Cl2N2O4S. The number of nitrogens with one attached hydrogen (secondary N) is 1. The van der Waals surface area contributed by atoms with E-state index in [2.05, 4.69) is 19.2 Å². The molecular weight excluding hydrogens is 507 g/mol. The first kappa shape index (κ1) is 26.9. The molecule has 0 aliphatic rings. The maximum Gasteiger partial charge on any atom is 0.264 e. The number of halogens is 2. The zero-order chi connectivity index (χ0) is 25.6. The summed E-state index contributed by atoms with van der Waals surface area (Å²) in [6, 6.07) is 19.7. The molecule has 0 saturated carbocycles. The Bertz CT molecular complexity index is 1250. The average Bonchev–Trinajstić information content (AvgIpc) is 2.84. The Labute approximate surface area is 216 Å². The molecule has 0 aliphatic carbocycles. The predicted octanol–water partition coefficient (Wildman–Crippen LogP) is 6.10. The quantitative estimate of drug-likeness (QED) is 0.340. The van der Waals surface area contributed by atoms with Crippen LogP contribution in [0.25, 0.3) is 0 Å². The molecule has 1 amide bonds. The topological polar surface area (TPSA) is 75.7 Å². The summed E-state index contributed by atoms with van der Waals surface area (Å²) >= 11 is 12.6. The molecule has 3 rings (SSSR count). The molecule has 9 heteroatoms. The van der Waals surface area contributed by atoms with Crippen molar-refractivity contribution < 1.29 is 17.9 Å². The summed E-state index contributed by atoms with van der Waals surface area (Å²) in [5.41, 5.74) is 1.02. The lowest BCUT2D eigenvalue weighted by Crippen LogP contribution is -2.42. The smallest absolute Gasteiger partial charge is 0.264 e. The van der Waals surface area contributed by atoms with E-state index in [9.17, 15) is 13.2 Å². The van der Waals surface area contributed by atoms with Crippen LogP contribution in [0.15, 0.2) is 77.7 Å².